The van der Waals surface area contributed by atoms with E-state index in [1.807, 2.05) is 42.5 Å². The molecule has 170 valence electrons. The van der Waals surface area contributed by atoms with E-state index in [4.69, 9.17) is 16.3 Å². The maximum atomic E-state index is 13.1. The molecule has 2 aromatic heterocycles. The van der Waals surface area contributed by atoms with Crippen LogP contribution in [0.2, 0.25) is 5.02 Å². The van der Waals surface area contributed by atoms with Crippen molar-refractivity contribution in [2.24, 2.45) is 0 Å². The second kappa shape index (κ2) is 9.29. The first-order chi connectivity index (χ1) is 17.0. The molecular weight excluding hydrogens is 464 g/mol. The lowest BCUT2D eigenvalue weighted by Gasteiger charge is -2.10. The van der Waals surface area contributed by atoms with Gasteiger partial charge in [0.2, 0.25) is 0 Å². The molecule has 0 fully saturated rings. The SMILES string of the molecule is N#CC(=C(O)COC(=O)c1cc(-c2ccc(Cl)cc2)nc2ccccc12)c1nc2ccccc2[nH]1. The summed E-state index contributed by atoms with van der Waals surface area (Å²) < 4.78 is 5.40. The Balaban J connectivity index is 1.46. The number of para-hydroxylation sites is 3. The van der Waals surface area contributed by atoms with E-state index < -0.39 is 18.3 Å². The molecular formula is C27H17ClN4O3. The number of aliphatic hydroxyl groups excluding tert-OH is 1. The van der Waals surface area contributed by atoms with E-state index in [1.165, 1.54) is 0 Å². The summed E-state index contributed by atoms with van der Waals surface area (Å²) in [5, 5.41) is 21.3. The van der Waals surface area contributed by atoms with E-state index in [2.05, 4.69) is 15.0 Å². The summed E-state index contributed by atoms with van der Waals surface area (Å²) in [6.45, 7) is -0.494. The number of halogens is 1. The van der Waals surface area contributed by atoms with Crippen LogP contribution in [0.4, 0.5) is 0 Å². The number of esters is 1. The highest BCUT2D eigenvalue weighted by Gasteiger charge is 2.18. The lowest BCUT2D eigenvalue weighted by molar-refractivity contribution is 0.0505. The molecule has 0 aliphatic carbocycles. The molecule has 0 aliphatic rings. The number of nitriles is 1. The Morgan fingerprint density at radius 2 is 1.71 bits per heavy atom. The minimum atomic E-state index is -0.660. The molecule has 35 heavy (non-hydrogen) atoms. The van der Waals surface area contributed by atoms with Gasteiger partial charge in [0.05, 0.1) is 27.8 Å². The third-order valence-corrected chi connectivity index (χ3v) is 5.69. The van der Waals surface area contributed by atoms with Gasteiger partial charge in [-0.2, -0.15) is 5.26 Å². The number of hydrogen-bond donors (Lipinski definition) is 2. The standard InChI is InChI=1S/C27H17ClN4O3/c28-17-11-9-16(10-12-17)24-13-19(18-5-1-2-6-21(18)30-24)27(34)35-15-25(33)20(14-29)26-31-22-7-3-4-8-23(22)32-26/h1-13,33H,15H2,(H,31,32). The van der Waals surface area contributed by atoms with E-state index in [-0.39, 0.29) is 17.0 Å². The molecule has 7 nitrogen and oxygen atoms in total. The zero-order valence-electron chi connectivity index (χ0n) is 18.2. The molecule has 0 amide bonds. The van der Waals surface area contributed by atoms with Crippen LogP contribution in [-0.4, -0.2) is 32.6 Å². The second-order valence-electron chi connectivity index (χ2n) is 7.69. The zero-order chi connectivity index (χ0) is 24.4. The molecule has 0 saturated carbocycles. The first-order valence-corrected chi connectivity index (χ1v) is 11.0. The molecule has 5 rings (SSSR count). The van der Waals surface area contributed by atoms with Crippen LogP contribution in [0.15, 0.2) is 84.6 Å². The molecule has 0 unspecified atom stereocenters. The first-order valence-electron chi connectivity index (χ1n) is 10.6. The lowest BCUT2D eigenvalue weighted by atomic mass is 10.0. The van der Waals surface area contributed by atoms with Crippen LogP contribution < -0.4 is 0 Å². The summed E-state index contributed by atoms with van der Waals surface area (Å²) in [5.74, 6) is -0.870. The van der Waals surface area contributed by atoms with E-state index >= 15 is 0 Å². The fourth-order valence-electron chi connectivity index (χ4n) is 3.72. The first kappa shape index (κ1) is 22.1. The molecule has 3 aromatic carbocycles. The van der Waals surface area contributed by atoms with Crippen LogP contribution in [0, 0.1) is 11.3 Å². The number of H-pyrrole nitrogens is 1. The summed E-state index contributed by atoms with van der Waals surface area (Å²) in [6, 6.07) is 25.1. The number of aliphatic hydroxyl groups is 1. The smallest absolute Gasteiger partial charge is 0.339 e. The molecule has 0 aliphatic heterocycles. The van der Waals surface area contributed by atoms with Gasteiger partial charge >= 0.3 is 5.97 Å². The number of pyridine rings is 1. The molecule has 0 bridgehead atoms. The Morgan fingerprint density at radius 1 is 1.00 bits per heavy atom. The van der Waals surface area contributed by atoms with Gasteiger partial charge in [0.1, 0.15) is 18.2 Å². The van der Waals surface area contributed by atoms with Crippen LogP contribution in [0.5, 0.6) is 0 Å². The Labute approximate surface area is 204 Å². The largest absolute Gasteiger partial charge is 0.507 e. The number of hydrogen-bond acceptors (Lipinski definition) is 6. The van der Waals surface area contributed by atoms with E-state index in [0.29, 0.717) is 27.1 Å². The number of allylic oxidation sites excluding steroid dienone is 1. The molecule has 2 heterocycles. The van der Waals surface area contributed by atoms with Crippen molar-refractivity contribution in [1.82, 2.24) is 15.0 Å². The van der Waals surface area contributed by atoms with Gasteiger partial charge in [-0.25, -0.2) is 14.8 Å². The van der Waals surface area contributed by atoms with Crippen LogP contribution in [0.3, 0.4) is 0 Å². The van der Waals surface area contributed by atoms with Crippen LogP contribution in [0.1, 0.15) is 16.2 Å². The number of aromatic nitrogens is 3. The minimum Gasteiger partial charge on any atom is -0.507 e. The topological polar surface area (TPSA) is 112 Å². The predicted octanol–water partition coefficient (Wildman–Crippen LogP) is 6.08. The van der Waals surface area contributed by atoms with Crippen molar-refractivity contribution in [2.75, 3.05) is 6.61 Å². The summed E-state index contributed by atoms with van der Waals surface area (Å²) in [7, 11) is 0. The predicted molar refractivity (Wildman–Crippen MR) is 134 cm³/mol. The normalized spacial score (nSPS) is 11.8. The third kappa shape index (κ3) is 4.43. The van der Waals surface area contributed by atoms with Crippen molar-refractivity contribution in [3.05, 3.63) is 101 Å². The fraction of sp³-hybridized carbons (Fsp3) is 0.0370. The number of rotatable bonds is 5. The van der Waals surface area contributed by atoms with Crippen LogP contribution >= 0.6 is 11.6 Å². The molecule has 0 spiro atoms. The van der Waals surface area contributed by atoms with Crippen molar-refractivity contribution in [3.8, 4) is 17.3 Å². The number of carbonyl (C=O) groups is 1. The highest BCUT2D eigenvalue weighted by Crippen LogP contribution is 2.27. The maximum absolute atomic E-state index is 13.1. The number of carbonyl (C=O) groups excluding carboxylic acids is 1. The summed E-state index contributed by atoms with van der Waals surface area (Å²) in [5.41, 5.74) is 3.54. The van der Waals surface area contributed by atoms with Crippen molar-refractivity contribution in [2.45, 2.75) is 0 Å². The summed E-state index contributed by atoms with van der Waals surface area (Å²) in [4.78, 5) is 25.0. The van der Waals surface area contributed by atoms with Crippen molar-refractivity contribution >= 4 is 45.1 Å². The average Bonchev–Trinajstić information content (AvgIpc) is 3.31. The van der Waals surface area contributed by atoms with E-state index in [9.17, 15) is 15.2 Å². The Hall–Kier alpha value is -4.67. The monoisotopic (exact) mass is 480 g/mol. The van der Waals surface area contributed by atoms with E-state index in [1.54, 1.807) is 42.5 Å². The number of nitrogens with zero attached hydrogens (tertiary/aromatic N) is 3. The van der Waals surface area contributed by atoms with Gasteiger partial charge in [0, 0.05) is 16.0 Å². The highest BCUT2D eigenvalue weighted by molar-refractivity contribution is 6.30. The lowest BCUT2D eigenvalue weighted by Crippen LogP contribution is -2.10. The van der Waals surface area contributed by atoms with Gasteiger partial charge in [-0.1, -0.05) is 54.1 Å². The number of ether oxygens (including phenoxy) is 1. The van der Waals surface area contributed by atoms with Gasteiger partial charge in [-0.15, -0.1) is 0 Å². The zero-order valence-corrected chi connectivity index (χ0v) is 19.0. The number of imidazole rings is 1. The quantitative estimate of drug-likeness (QED) is 0.179. The second-order valence-corrected chi connectivity index (χ2v) is 8.13. The van der Waals surface area contributed by atoms with Crippen molar-refractivity contribution in [3.63, 3.8) is 0 Å². The maximum Gasteiger partial charge on any atom is 0.339 e. The number of aromatic amines is 1. The summed E-state index contributed by atoms with van der Waals surface area (Å²) >= 11 is 6.00. The molecule has 8 heteroatoms. The van der Waals surface area contributed by atoms with Gasteiger partial charge in [0.15, 0.2) is 11.6 Å². The van der Waals surface area contributed by atoms with Gasteiger partial charge in [-0.3, -0.25) is 0 Å². The fourth-order valence-corrected chi connectivity index (χ4v) is 3.85. The molecule has 0 saturated heterocycles. The Morgan fingerprint density at radius 3 is 2.46 bits per heavy atom. The average molecular weight is 481 g/mol. The Bertz CT molecular complexity index is 1620. The van der Waals surface area contributed by atoms with Crippen molar-refractivity contribution in [1.29, 1.82) is 5.26 Å². The minimum absolute atomic E-state index is 0.101. The number of nitrogens with one attached hydrogen (secondary N) is 1. The third-order valence-electron chi connectivity index (χ3n) is 5.44. The van der Waals surface area contributed by atoms with Crippen LogP contribution in [-0.2, 0) is 4.74 Å². The molecule has 5 aromatic rings. The highest BCUT2D eigenvalue weighted by atomic mass is 35.5. The van der Waals surface area contributed by atoms with Crippen LogP contribution in [0.25, 0.3) is 38.8 Å². The molecule has 0 radical (unpaired) electrons. The van der Waals surface area contributed by atoms with Crippen molar-refractivity contribution < 1.29 is 14.6 Å². The van der Waals surface area contributed by atoms with Gasteiger partial charge in [0.25, 0.3) is 0 Å². The molecule has 0 atom stereocenters. The van der Waals surface area contributed by atoms with Gasteiger partial charge in [-0.05, 0) is 36.4 Å². The summed E-state index contributed by atoms with van der Waals surface area (Å²) in [6.07, 6.45) is 0. The number of fused-ring (bicyclic) bond motifs is 2. The van der Waals surface area contributed by atoms with E-state index in [0.717, 1.165) is 11.1 Å². The van der Waals surface area contributed by atoms with Gasteiger partial charge < -0.3 is 14.8 Å². The number of benzene rings is 3. The molecule has 2 N–H and O–H groups in total. The Kier molecular flexibility index (Phi) is 5.88.